The third kappa shape index (κ3) is 11.7. The van der Waals surface area contributed by atoms with Crippen LogP contribution in [-0.4, -0.2) is 63.0 Å². The molecule has 2 aliphatic rings. The zero-order chi connectivity index (χ0) is 49.3. The van der Waals surface area contributed by atoms with E-state index in [4.69, 9.17) is 59.0 Å². The van der Waals surface area contributed by atoms with Crippen molar-refractivity contribution in [3.63, 3.8) is 0 Å². The molecule has 5 N–H and O–H groups in total. The van der Waals surface area contributed by atoms with Crippen molar-refractivity contribution >= 4 is 41.2 Å². The van der Waals surface area contributed by atoms with Crippen LogP contribution in [0.3, 0.4) is 0 Å². The monoisotopic (exact) mass is 980 g/mol. The maximum absolute atomic E-state index is 12.3. The smallest absolute Gasteiger partial charge is 0.234 e. The molecule has 4 aromatic carbocycles. The van der Waals surface area contributed by atoms with Gasteiger partial charge in [-0.15, -0.1) is 0 Å². The number of nitriles is 1. The summed E-state index contributed by atoms with van der Waals surface area (Å²) in [7, 11) is 0. The molecule has 2 atom stereocenters. The molecule has 360 valence electrons. The van der Waals surface area contributed by atoms with Crippen LogP contribution in [0.2, 0.25) is 10.0 Å². The molecular weight excluding hydrogens is 928 g/mol. The molecule has 2 fully saturated rings. The number of nitrogens with one attached hydrogen (secondary N) is 1. The van der Waals surface area contributed by atoms with Gasteiger partial charge in [-0.1, -0.05) is 59.6 Å². The zero-order valence-corrected chi connectivity index (χ0v) is 40.6. The van der Waals surface area contributed by atoms with E-state index in [9.17, 15) is 14.9 Å². The molecule has 16 heteroatoms. The summed E-state index contributed by atoms with van der Waals surface area (Å²) in [5.41, 5.74) is 21.7. The van der Waals surface area contributed by atoms with Crippen molar-refractivity contribution in [1.29, 1.82) is 10.7 Å². The third-order valence-electron chi connectivity index (χ3n) is 13.0. The number of carbonyl (C=O) groups excluding carboxylic acids is 2. The zero-order valence-electron chi connectivity index (χ0n) is 39.1. The van der Waals surface area contributed by atoms with E-state index in [-0.39, 0.29) is 50.3 Å². The second-order valence-electron chi connectivity index (χ2n) is 17.6. The molecule has 2 amide bonds. The van der Waals surface area contributed by atoms with E-state index < -0.39 is 0 Å². The van der Waals surface area contributed by atoms with Crippen LogP contribution in [0, 0.1) is 30.6 Å². The summed E-state index contributed by atoms with van der Waals surface area (Å²) in [5, 5.41) is 17.9. The van der Waals surface area contributed by atoms with Gasteiger partial charge in [0.1, 0.15) is 55.5 Å². The summed E-state index contributed by atoms with van der Waals surface area (Å²) in [6, 6.07) is 24.4. The van der Waals surface area contributed by atoms with Crippen LogP contribution in [0.25, 0.3) is 11.1 Å². The highest BCUT2D eigenvalue weighted by molar-refractivity contribution is 6.32. The van der Waals surface area contributed by atoms with Gasteiger partial charge in [-0.3, -0.25) is 29.4 Å². The second-order valence-corrected chi connectivity index (χ2v) is 18.5. The number of rotatable bonds is 20. The van der Waals surface area contributed by atoms with Crippen LogP contribution >= 0.6 is 23.2 Å². The number of hydrogen-bond acceptors (Lipinski definition) is 12. The number of benzene rings is 4. The van der Waals surface area contributed by atoms with Gasteiger partial charge in [-0.05, 0) is 110 Å². The molecule has 2 saturated heterocycles. The number of amides is 2. The predicted molar refractivity (Wildman–Crippen MR) is 268 cm³/mol. The Morgan fingerprint density at radius 3 is 1.61 bits per heavy atom. The summed E-state index contributed by atoms with van der Waals surface area (Å²) in [6.45, 7) is 7.17. The predicted octanol–water partition coefficient (Wildman–Crippen LogP) is 9.15. The average molecular weight is 982 g/mol. The number of halogens is 2. The Balaban J connectivity index is 1.00. The van der Waals surface area contributed by atoms with Crippen LogP contribution < -0.4 is 30.4 Å². The van der Waals surface area contributed by atoms with Crippen molar-refractivity contribution in [2.45, 2.75) is 91.1 Å². The van der Waals surface area contributed by atoms with E-state index in [0.29, 0.717) is 76.6 Å². The number of nitrogens with two attached hydrogens (primary N) is 2. The molecule has 2 aliphatic heterocycles. The number of ether oxygens (including phenoxy) is 4. The SMILES string of the molecule is Cc1c(COc2cc(OCc3cncc(C#N)c3)c(CN3CCCC3C(N)=O)cc2Cl)cccc1-c1cccc(COc2cc(OCc3cncc(C=N)c3)c(CN3CCC[C@@H]3C(N)=O)cc2Cl)c1C. The molecular formula is C54H54Cl2N8O6. The van der Waals surface area contributed by atoms with E-state index in [0.717, 1.165) is 75.0 Å². The van der Waals surface area contributed by atoms with Gasteiger partial charge in [-0.25, -0.2) is 0 Å². The highest BCUT2D eigenvalue weighted by Crippen LogP contribution is 2.39. The maximum Gasteiger partial charge on any atom is 0.234 e. The first-order chi connectivity index (χ1) is 33.9. The number of primary amides is 2. The molecule has 14 nitrogen and oxygen atoms in total. The molecule has 70 heavy (non-hydrogen) atoms. The fourth-order valence-corrected chi connectivity index (χ4v) is 9.67. The van der Waals surface area contributed by atoms with Crippen LogP contribution in [-0.2, 0) is 49.1 Å². The Morgan fingerprint density at radius 2 is 1.14 bits per heavy atom. The lowest BCUT2D eigenvalue weighted by molar-refractivity contribution is -0.123. The molecule has 0 aliphatic carbocycles. The maximum atomic E-state index is 12.3. The van der Waals surface area contributed by atoms with Gasteiger partial charge < -0.3 is 35.8 Å². The van der Waals surface area contributed by atoms with Gasteiger partial charge in [0.05, 0.1) is 27.7 Å². The fourth-order valence-electron chi connectivity index (χ4n) is 9.19. The van der Waals surface area contributed by atoms with Gasteiger partial charge >= 0.3 is 0 Å². The van der Waals surface area contributed by atoms with Crippen LogP contribution in [0.1, 0.15) is 81.3 Å². The van der Waals surface area contributed by atoms with Crippen LogP contribution in [0.5, 0.6) is 23.0 Å². The first kappa shape index (κ1) is 49.4. The first-order valence-corrected chi connectivity index (χ1v) is 23.8. The number of pyridine rings is 2. The highest BCUT2D eigenvalue weighted by atomic mass is 35.5. The third-order valence-corrected chi connectivity index (χ3v) is 13.6. The Kier molecular flexibility index (Phi) is 16.0. The Hall–Kier alpha value is -7.02. The van der Waals surface area contributed by atoms with E-state index in [2.05, 4.69) is 42.0 Å². The molecule has 2 aromatic heterocycles. The Bertz CT molecular complexity index is 2960. The minimum absolute atomic E-state index is 0.148. The molecule has 0 saturated carbocycles. The summed E-state index contributed by atoms with van der Waals surface area (Å²) in [5.74, 6) is 1.23. The minimum atomic E-state index is -0.381. The summed E-state index contributed by atoms with van der Waals surface area (Å²) < 4.78 is 25.7. The Morgan fingerprint density at radius 1 is 0.671 bits per heavy atom. The minimum Gasteiger partial charge on any atom is -0.488 e. The molecule has 1 unspecified atom stereocenters. The number of likely N-dealkylation sites (tertiary alicyclic amines) is 2. The van der Waals surface area contributed by atoms with E-state index >= 15 is 0 Å². The normalized spacial score (nSPS) is 15.9. The van der Waals surface area contributed by atoms with Gasteiger partial charge in [-0.2, -0.15) is 5.26 Å². The molecule has 0 radical (unpaired) electrons. The van der Waals surface area contributed by atoms with E-state index in [1.165, 1.54) is 12.4 Å². The molecule has 4 heterocycles. The number of carbonyl (C=O) groups is 2. The van der Waals surface area contributed by atoms with Crippen molar-refractivity contribution < 1.29 is 28.5 Å². The van der Waals surface area contributed by atoms with Crippen molar-refractivity contribution in [1.82, 2.24) is 19.8 Å². The number of nitrogens with zero attached hydrogens (tertiary/aromatic N) is 5. The van der Waals surface area contributed by atoms with Crippen molar-refractivity contribution in [2.75, 3.05) is 13.1 Å². The summed E-state index contributed by atoms with van der Waals surface area (Å²) in [6.07, 6.45) is 10.8. The van der Waals surface area contributed by atoms with E-state index in [1.54, 1.807) is 36.8 Å². The van der Waals surface area contributed by atoms with Crippen molar-refractivity contribution in [3.05, 3.63) is 163 Å². The number of aromatic nitrogens is 2. The van der Waals surface area contributed by atoms with Crippen molar-refractivity contribution in [2.24, 2.45) is 11.5 Å². The van der Waals surface area contributed by atoms with Crippen LogP contribution in [0.4, 0.5) is 0 Å². The van der Waals surface area contributed by atoms with E-state index in [1.807, 2.05) is 52.3 Å². The molecule has 6 aromatic rings. The standard InChI is InChI=1S/C54H54Cl2N8O6/c1-33-39(31-69-51-19-49(67-29-37-15-35(21-57)23-61-25-37)41(17-45(51)55)27-63-13-5-11-47(63)53(59)65)7-3-9-43(33)44-10-4-8-40(34(44)2)32-70-52-20-50(68-30-38-16-36(22-58)24-62-26-38)42(18-46(52)56)28-64-14-6-12-48(64)54(60)66/h3-4,7-10,15-21,23-26,47-48,57H,5-6,11-14,27-32H2,1-2H3,(H2,59,65)(H2,60,66)/t47-,48?/m1/s1. The molecule has 0 spiro atoms. The quantitative estimate of drug-likeness (QED) is 0.0616. The second kappa shape index (κ2) is 22.6. The molecule has 8 rings (SSSR count). The lowest BCUT2D eigenvalue weighted by Gasteiger charge is -2.24. The van der Waals surface area contributed by atoms with Gasteiger partial charge in [0.15, 0.2) is 0 Å². The van der Waals surface area contributed by atoms with Gasteiger partial charge in [0.2, 0.25) is 11.8 Å². The largest absolute Gasteiger partial charge is 0.488 e. The topological polar surface area (TPSA) is 203 Å². The summed E-state index contributed by atoms with van der Waals surface area (Å²) in [4.78, 5) is 37.0. The lowest BCUT2D eigenvalue weighted by Crippen LogP contribution is -2.39. The van der Waals surface area contributed by atoms with Gasteiger partial charge in [0.25, 0.3) is 0 Å². The number of hydrogen-bond donors (Lipinski definition) is 3. The van der Waals surface area contributed by atoms with Crippen LogP contribution in [0.15, 0.2) is 97.6 Å². The Labute approximate surface area is 417 Å². The molecule has 0 bridgehead atoms. The average Bonchev–Trinajstić information content (AvgIpc) is 4.04. The summed E-state index contributed by atoms with van der Waals surface area (Å²) >= 11 is 13.9. The van der Waals surface area contributed by atoms with Gasteiger partial charge in [0, 0.05) is 84.0 Å². The first-order valence-electron chi connectivity index (χ1n) is 23.1. The highest BCUT2D eigenvalue weighted by Gasteiger charge is 2.31. The fraction of sp³-hybridized carbons (Fsp3) is 0.296. The van der Waals surface area contributed by atoms with Crippen molar-refractivity contribution in [3.8, 4) is 40.2 Å². The lowest BCUT2D eigenvalue weighted by atomic mass is 9.92.